The van der Waals surface area contributed by atoms with Crippen molar-refractivity contribution in [2.75, 3.05) is 5.32 Å². The van der Waals surface area contributed by atoms with Crippen molar-refractivity contribution in [1.29, 1.82) is 0 Å². The summed E-state index contributed by atoms with van der Waals surface area (Å²) in [7, 11) is 0. The normalized spacial score (nSPS) is 10.1. The van der Waals surface area contributed by atoms with Gasteiger partial charge in [0.25, 0.3) is 5.91 Å². The summed E-state index contributed by atoms with van der Waals surface area (Å²) in [5, 5.41) is 13.4. The van der Waals surface area contributed by atoms with Crippen molar-refractivity contribution < 1.29 is 14.7 Å². The quantitative estimate of drug-likeness (QED) is 0.907. The standard InChI is InChI=1S/C11H7ClN2O3S/c12-6-1-3-13-8(5-6)10(15)14-7-2-4-18-9(7)11(16)17/h1-5H,(H,14,15)(H,16,17). The van der Waals surface area contributed by atoms with Gasteiger partial charge in [0.1, 0.15) is 10.6 Å². The molecule has 0 saturated carbocycles. The summed E-state index contributed by atoms with van der Waals surface area (Å²) in [5.74, 6) is -1.59. The zero-order chi connectivity index (χ0) is 13.1. The fourth-order valence-electron chi connectivity index (χ4n) is 1.29. The lowest BCUT2D eigenvalue weighted by atomic mass is 10.3. The molecular formula is C11H7ClN2O3S. The Kier molecular flexibility index (Phi) is 3.59. The largest absolute Gasteiger partial charge is 0.477 e. The molecule has 2 aromatic heterocycles. The molecule has 2 N–H and O–H groups in total. The van der Waals surface area contributed by atoms with Gasteiger partial charge in [-0.1, -0.05) is 11.6 Å². The van der Waals surface area contributed by atoms with Crippen molar-refractivity contribution in [3.8, 4) is 0 Å². The lowest BCUT2D eigenvalue weighted by Gasteiger charge is -2.03. The number of carbonyl (C=O) groups excluding carboxylic acids is 1. The van der Waals surface area contributed by atoms with Crippen molar-refractivity contribution >= 4 is 40.5 Å². The van der Waals surface area contributed by atoms with Crippen LogP contribution >= 0.6 is 22.9 Å². The van der Waals surface area contributed by atoms with Crippen molar-refractivity contribution in [1.82, 2.24) is 4.98 Å². The number of amides is 1. The highest BCUT2D eigenvalue weighted by Crippen LogP contribution is 2.22. The number of rotatable bonds is 3. The van der Waals surface area contributed by atoms with Crippen LogP contribution < -0.4 is 5.32 Å². The van der Waals surface area contributed by atoms with Gasteiger partial charge in [-0.3, -0.25) is 9.78 Å². The van der Waals surface area contributed by atoms with Gasteiger partial charge in [-0.05, 0) is 23.6 Å². The minimum absolute atomic E-state index is 0.0744. The summed E-state index contributed by atoms with van der Waals surface area (Å²) in [6.45, 7) is 0. The fourth-order valence-corrected chi connectivity index (χ4v) is 2.14. The lowest BCUT2D eigenvalue weighted by Crippen LogP contribution is -2.14. The minimum Gasteiger partial charge on any atom is -0.477 e. The van der Waals surface area contributed by atoms with E-state index in [1.54, 1.807) is 11.4 Å². The molecule has 5 nitrogen and oxygen atoms in total. The van der Waals surface area contributed by atoms with Gasteiger partial charge in [-0.25, -0.2) is 4.79 Å². The van der Waals surface area contributed by atoms with Crippen LogP contribution in [0.3, 0.4) is 0 Å². The highest BCUT2D eigenvalue weighted by molar-refractivity contribution is 7.12. The first-order chi connectivity index (χ1) is 8.58. The molecule has 0 fully saturated rings. The first-order valence-corrected chi connectivity index (χ1v) is 6.07. The number of aromatic nitrogens is 1. The summed E-state index contributed by atoms with van der Waals surface area (Å²) >= 11 is 6.78. The Morgan fingerprint density at radius 3 is 2.83 bits per heavy atom. The molecule has 0 saturated heterocycles. The zero-order valence-corrected chi connectivity index (χ0v) is 10.5. The molecule has 92 valence electrons. The summed E-state index contributed by atoms with van der Waals surface area (Å²) in [5.41, 5.74) is 0.379. The van der Waals surface area contributed by atoms with E-state index in [4.69, 9.17) is 16.7 Å². The number of hydrogen-bond acceptors (Lipinski definition) is 4. The van der Waals surface area contributed by atoms with E-state index < -0.39 is 11.9 Å². The lowest BCUT2D eigenvalue weighted by molar-refractivity contribution is 0.0703. The maximum absolute atomic E-state index is 11.8. The van der Waals surface area contributed by atoms with Gasteiger partial charge in [0.15, 0.2) is 0 Å². The van der Waals surface area contributed by atoms with Gasteiger partial charge in [0.05, 0.1) is 5.69 Å². The summed E-state index contributed by atoms with van der Waals surface area (Å²) < 4.78 is 0. The molecule has 18 heavy (non-hydrogen) atoms. The number of thiophene rings is 1. The van der Waals surface area contributed by atoms with E-state index in [9.17, 15) is 9.59 Å². The molecule has 0 spiro atoms. The number of nitrogens with one attached hydrogen (secondary N) is 1. The zero-order valence-electron chi connectivity index (χ0n) is 8.88. The van der Waals surface area contributed by atoms with E-state index in [0.717, 1.165) is 11.3 Å². The molecular weight excluding hydrogens is 276 g/mol. The van der Waals surface area contributed by atoms with Crippen LogP contribution in [-0.4, -0.2) is 22.0 Å². The third-order valence-corrected chi connectivity index (χ3v) is 3.20. The topological polar surface area (TPSA) is 79.3 Å². The molecule has 0 atom stereocenters. The van der Waals surface area contributed by atoms with Crippen LogP contribution in [0.4, 0.5) is 5.69 Å². The van der Waals surface area contributed by atoms with Gasteiger partial charge >= 0.3 is 5.97 Å². The van der Waals surface area contributed by atoms with Crippen LogP contribution in [0.2, 0.25) is 5.02 Å². The average Bonchev–Trinajstić information content (AvgIpc) is 2.77. The van der Waals surface area contributed by atoms with Crippen LogP contribution in [-0.2, 0) is 0 Å². The molecule has 2 aromatic rings. The van der Waals surface area contributed by atoms with E-state index in [1.165, 1.54) is 18.3 Å². The third kappa shape index (κ3) is 2.66. The Balaban J connectivity index is 2.21. The second-order valence-electron chi connectivity index (χ2n) is 3.28. The highest BCUT2D eigenvalue weighted by atomic mass is 35.5. The van der Waals surface area contributed by atoms with Crippen molar-refractivity contribution in [3.63, 3.8) is 0 Å². The number of pyridine rings is 1. The third-order valence-electron chi connectivity index (χ3n) is 2.06. The van der Waals surface area contributed by atoms with E-state index >= 15 is 0 Å². The number of carboxylic acid groups (broad SMARTS) is 1. The number of carbonyl (C=O) groups is 2. The first-order valence-electron chi connectivity index (χ1n) is 4.81. The number of nitrogens with zero attached hydrogens (tertiary/aromatic N) is 1. The van der Waals surface area contributed by atoms with Crippen LogP contribution in [0.1, 0.15) is 20.2 Å². The van der Waals surface area contributed by atoms with Gasteiger partial charge in [0, 0.05) is 11.2 Å². The molecule has 2 heterocycles. The second kappa shape index (κ2) is 5.16. The molecule has 1 amide bonds. The molecule has 0 unspecified atom stereocenters. The van der Waals surface area contributed by atoms with Crippen LogP contribution in [0.15, 0.2) is 29.8 Å². The number of hydrogen-bond donors (Lipinski definition) is 2. The molecule has 0 bridgehead atoms. The Bertz CT molecular complexity index is 612. The minimum atomic E-state index is -1.08. The number of anilines is 1. The Hall–Kier alpha value is -1.92. The van der Waals surface area contributed by atoms with E-state index in [0.29, 0.717) is 5.02 Å². The molecule has 0 aliphatic heterocycles. The number of aromatic carboxylic acids is 1. The predicted molar refractivity (Wildman–Crippen MR) is 68.5 cm³/mol. The summed E-state index contributed by atoms with van der Waals surface area (Å²) in [6, 6.07) is 4.48. The van der Waals surface area contributed by atoms with E-state index in [2.05, 4.69) is 10.3 Å². The summed E-state index contributed by atoms with van der Waals surface area (Å²) in [4.78, 5) is 26.6. The Morgan fingerprint density at radius 2 is 2.17 bits per heavy atom. The molecule has 0 radical (unpaired) electrons. The predicted octanol–water partition coefficient (Wildman–Crippen LogP) is 2.75. The Labute approximate surface area is 111 Å². The summed E-state index contributed by atoms with van der Waals surface area (Å²) in [6.07, 6.45) is 1.41. The van der Waals surface area contributed by atoms with Crippen molar-refractivity contribution in [2.45, 2.75) is 0 Å². The Morgan fingerprint density at radius 1 is 1.39 bits per heavy atom. The average molecular weight is 283 g/mol. The van der Waals surface area contributed by atoms with Crippen LogP contribution in [0.25, 0.3) is 0 Å². The van der Waals surface area contributed by atoms with Gasteiger partial charge in [-0.15, -0.1) is 11.3 Å². The van der Waals surface area contributed by atoms with E-state index in [-0.39, 0.29) is 16.3 Å². The maximum Gasteiger partial charge on any atom is 0.348 e. The highest BCUT2D eigenvalue weighted by Gasteiger charge is 2.15. The van der Waals surface area contributed by atoms with Gasteiger partial charge in [0.2, 0.25) is 0 Å². The van der Waals surface area contributed by atoms with Gasteiger partial charge in [-0.2, -0.15) is 0 Å². The van der Waals surface area contributed by atoms with Crippen LogP contribution in [0.5, 0.6) is 0 Å². The second-order valence-corrected chi connectivity index (χ2v) is 4.63. The molecule has 2 rings (SSSR count). The fraction of sp³-hybridized carbons (Fsp3) is 0. The SMILES string of the molecule is O=C(Nc1ccsc1C(=O)O)c1cc(Cl)ccn1. The van der Waals surface area contributed by atoms with Crippen molar-refractivity contribution in [2.24, 2.45) is 0 Å². The van der Waals surface area contributed by atoms with E-state index in [1.807, 2.05) is 0 Å². The smallest absolute Gasteiger partial charge is 0.348 e. The van der Waals surface area contributed by atoms with Crippen LogP contribution in [0, 0.1) is 0 Å². The molecule has 0 aromatic carbocycles. The number of halogens is 1. The molecule has 0 aliphatic rings. The number of carboxylic acids is 1. The van der Waals surface area contributed by atoms with Gasteiger partial charge < -0.3 is 10.4 Å². The maximum atomic E-state index is 11.8. The molecule has 7 heteroatoms. The first kappa shape index (κ1) is 12.5. The monoisotopic (exact) mass is 282 g/mol. The van der Waals surface area contributed by atoms with Crippen molar-refractivity contribution in [3.05, 3.63) is 45.4 Å². The molecule has 0 aliphatic carbocycles.